The van der Waals surface area contributed by atoms with Crippen LogP contribution in [0.4, 0.5) is 11.4 Å². The second-order valence-electron chi connectivity index (χ2n) is 6.22. The number of benzene rings is 2. The largest absolute Gasteiger partial charge is 0.493 e. The summed E-state index contributed by atoms with van der Waals surface area (Å²) in [6.07, 6.45) is 2.30. The van der Waals surface area contributed by atoms with Gasteiger partial charge in [-0.05, 0) is 77.9 Å². The summed E-state index contributed by atoms with van der Waals surface area (Å²) in [7, 11) is 0. The molecule has 0 aliphatic carbocycles. The Kier molecular flexibility index (Phi) is 9.08. The van der Waals surface area contributed by atoms with Crippen LogP contribution in [0.3, 0.4) is 0 Å². The molecular weight excluding hydrogens is 454 g/mol. The Morgan fingerprint density at radius 3 is 2.45 bits per heavy atom. The highest BCUT2D eigenvalue weighted by atomic mass is 79.9. The van der Waals surface area contributed by atoms with E-state index in [0.717, 1.165) is 12.8 Å². The number of carbonyl (C=O) groups is 2. The van der Waals surface area contributed by atoms with E-state index in [-0.39, 0.29) is 16.9 Å². The summed E-state index contributed by atoms with van der Waals surface area (Å²) in [5, 5.41) is 8.62. The fourth-order valence-corrected chi connectivity index (χ4v) is 3.19. The molecule has 0 fully saturated rings. The normalized spacial score (nSPS) is 10.2. The number of hydrogen-bond donors (Lipinski definition) is 3. The van der Waals surface area contributed by atoms with Crippen LogP contribution in [0, 0.1) is 0 Å². The number of anilines is 2. The monoisotopic (exact) mass is 477 g/mol. The topological polar surface area (TPSA) is 79.5 Å². The molecule has 0 saturated carbocycles. The fourth-order valence-electron chi connectivity index (χ4n) is 2.49. The van der Waals surface area contributed by atoms with Gasteiger partial charge in [0.25, 0.3) is 5.91 Å². The average Bonchev–Trinajstić information content (AvgIpc) is 2.68. The first-order valence-electron chi connectivity index (χ1n) is 9.37. The summed E-state index contributed by atoms with van der Waals surface area (Å²) in [6, 6.07) is 12.2. The van der Waals surface area contributed by atoms with Gasteiger partial charge in [-0.3, -0.25) is 14.9 Å². The molecule has 8 heteroatoms. The maximum absolute atomic E-state index is 12.4. The fraction of sp³-hybridized carbons (Fsp3) is 0.286. The summed E-state index contributed by atoms with van der Waals surface area (Å²) < 4.78 is 6.14. The van der Waals surface area contributed by atoms with Gasteiger partial charge < -0.3 is 15.4 Å². The number of rotatable bonds is 8. The summed E-state index contributed by atoms with van der Waals surface area (Å²) in [4.78, 5) is 24.3. The van der Waals surface area contributed by atoms with E-state index >= 15 is 0 Å². The van der Waals surface area contributed by atoms with E-state index in [1.54, 1.807) is 42.5 Å². The number of ether oxygens (including phenoxy) is 1. The molecule has 154 valence electrons. The van der Waals surface area contributed by atoms with Crippen molar-refractivity contribution >= 4 is 56.4 Å². The predicted molar refractivity (Wildman–Crippen MR) is 124 cm³/mol. The van der Waals surface area contributed by atoms with E-state index in [4.69, 9.17) is 17.0 Å². The van der Waals surface area contributed by atoms with Crippen molar-refractivity contribution in [1.29, 1.82) is 0 Å². The SMILES string of the molecule is CCCCC(=O)Nc1cccc(NC(=S)NC(=O)c2ccc(OCC)c(Br)c2)c1. The van der Waals surface area contributed by atoms with E-state index in [0.29, 0.717) is 40.2 Å². The lowest BCUT2D eigenvalue weighted by atomic mass is 10.2. The number of unbranched alkanes of at least 4 members (excludes halogenated alkanes) is 1. The summed E-state index contributed by atoms with van der Waals surface area (Å²) in [5.41, 5.74) is 1.78. The van der Waals surface area contributed by atoms with E-state index in [9.17, 15) is 9.59 Å². The van der Waals surface area contributed by atoms with Crippen LogP contribution < -0.4 is 20.7 Å². The third kappa shape index (κ3) is 7.47. The van der Waals surface area contributed by atoms with Gasteiger partial charge >= 0.3 is 0 Å². The van der Waals surface area contributed by atoms with Crippen LogP contribution >= 0.6 is 28.1 Å². The van der Waals surface area contributed by atoms with Crippen molar-refractivity contribution in [2.75, 3.05) is 17.2 Å². The molecule has 0 bridgehead atoms. The molecule has 2 aromatic rings. The van der Waals surface area contributed by atoms with Crippen LogP contribution in [-0.4, -0.2) is 23.5 Å². The Bertz CT molecular complexity index is 889. The van der Waals surface area contributed by atoms with Crippen molar-refractivity contribution in [3.8, 4) is 5.75 Å². The number of hydrogen-bond acceptors (Lipinski definition) is 4. The van der Waals surface area contributed by atoms with Gasteiger partial charge in [-0.15, -0.1) is 0 Å². The molecule has 2 rings (SSSR count). The molecule has 0 aliphatic heterocycles. The second kappa shape index (κ2) is 11.5. The predicted octanol–water partition coefficient (Wildman–Crippen LogP) is 5.10. The average molecular weight is 478 g/mol. The van der Waals surface area contributed by atoms with E-state index in [1.807, 2.05) is 13.8 Å². The first kappa shape index (κ1) is 22.8. The van der Waals surface area contributed by atoms with Crippen molar-refractivity contribution in [1.82, 2.24) is 5.32 Å². The molecule has 0 spiro atoms. The Labute approximate surface area is 184 Å². The number of halogens is 1. The number of amides is 2. The lowest BCUT2D eigenvalue weighted by Gasteiger charge is -2.12. The molecule has 2 amide bonds. The van der Waals surface area contributed by atoms with E-state index in [2.05, 4.69) is 31.9 Å². The van der Waals surface area contributed by atoms with Crippen molar-refractivity contribution < 1.29 is 14.3 Å². The van der Waals surface area contributed by atoms with Crippen molar-refractivity contribution in [3.63, 3.8) is 0 Å². The highest BCUT2D eigenvalue weighted by Crippen LogP contribution is 2.26. The first-order valence-corrected chi connectivity index (χ1v) is 10.6. The molecule has 0 aromatic heterocycles. The molecule has 0 atom stereocenters. The van der Waals surface area contributed by atoms with Gasteiger partial charge in [-0.1, -0.05) is 19.4 Å². The Hall–Kier alpha value is -2.45. The molecule has 6 nitrogen and oxygen atoms in total. The number of nitrogens with one attached hydrogen (secondary N) is 3. The second-order valence-corrected chi connectivity index (χ2v) is 7.48. The van der Waals surface area contributed by atoms with Crippen molar-refractivity contribution in [3.05, 3.63) is 52.5 Å². The molecule has 0 unspecified atom stereocenters. The molecule has 0 radical (unpaired) electrons. The van der Waals surface area contributed by atoms with Gasteiger partial charge in [-0.2, -0.15) is 0 Å². The van der Waals surface area contributed by atoms with Crippen LogP contribution in [0.15, 0.2) is 46.9 Å². The number of carbonyl (C=O) groups excluding carboxylic acids is 2. The zero-order chi connectivity index (χ0) is 21.2. The van der Waals surface area contributed by atoms with Gasteiger partial charge in [0.1, 0.15) is 5.75 Å². The van der Waals surface area contributed by atoms with Gasteiger partial charge in [0.15, 0.2) is 5.11 Å². The van der Waals surface area contributed by atoms with E-state index < -0.39 is 0 Å². The lowest BCUT2D eigenvalue weighted by Crippen LogP contribution is -2.34. The highest BCUT2D eigenvalue weighted by molar-refractivity contribution is 9.10. The quantitative estimate of drug-likeness (QED) is 0.460. The Balaban J connectivity index is 1.95. The molecule has 2 aromatic carbocycles. The summed E-state index contributed by atoms with van der Waals surface area (Å²) in [5.74, 6) is 0.304. The van der Waals surface area contributed by atoms with E-state index in [1.165, 1.54) is 0 Å². The number of thiocarbonyl (C=S) groups is 1. The minimum atomic E-state index is -0.338. The smallest absolute Gasteiger partial charge is 0.257 e. The van der Waals surface area contributed by atoms with Crippen LogP contribution in [-0.2, 0) is 4.79 Å². The molecule has 0 aliphatic rings. The Morgan fingerprint density at radius 2 is 1.79 bits per heavy atom. The van der Waals surface area contributed by atoms with Crippen LogP contribution in [0.1, 0.15) is 43.5 Å². The molecule has 0 heterocycles. The van der Waals surface area contributed by atoms with Gasteiger partial charge in [0.2, 0.25) is 5.91 Å². The van der Waals surface area contributed by atoms with Crippen molar-refractivity contribution in [2.45, 2.75) is 33.1 Å². The zero-order valence-electron chi connectivity index (χ0n) is 16.4. The highest BCUT2D eigenvalue weighted by Gasteiger charge is 2.11. The summed E-state index contributed by atoms with van der Waals surface area (Å²) in [6.45, 7) is 4.47. The van der Waals surface area contributed by atoms with Crippen LogP contribution in [0.25, 0.3) is 0 Å². The zero-order valence-corrected chi connectivity index (χ0v) is 18.8. The van der Waals surface area contributed by atoms with Gasteiger partial charge in [0, 0.05) is 23.4 Å². The molecule has 29 heavy (non-hydrogen) atoms. The third-order valence-electron chi connectivity index (χ3n) is 3.88. The summed E-state index contributed by atoms with van der Waals surface area (Å²) >= 11 is 8.63. The standard InChI is InChI=1S/C21H24BrN3O3S/c1-3-5-9-19(26)23-15-7-6-8-16(13-15)24-21(29)25-20(27)14-10-11-18(28-4-2)17(22)12-14/h6-8,10-13H,3-5,9H2,1-2H3,(H,23,26)(H2,24,25,27,29). The third-order valence-corrected chi connectivity index (χ3v) is 4.71. The van der Waals surface area contributed by atoms with Crippen LogP contribution in [0.2, 0.25) is 0 Å². The van der Waals surface area contributed by atoms with Crippen molar-refractivity contribution in [2.24, 2.45) is 0 Å². The molecule has 3 N–H and O–H groups in total. The minimum Gasteiger partial charge on any atom is -0.493 e. The molecule has 0 saturated heterocycles. The first-order chi connectivity index (χ1) is 13.9. The maximum atomic E-state index is 12.4. The van der Waals surface area contributed by atoms with Crippen LogP contribution in [0.5, 0.6) is 5.75 Å². The van der Waals surface area contributed by atoms with Gasteiger partial charge in [0.05, 0.1) is 11.1 Å². The molecular formula is C21H24BrN3O3S. The maximum Gasteiger partial charge on any atom is 0.257 e. The lowest BCUT2D eigenvalue weighted by molar-refractivity contribution is -0.116. The Morgan fingerprint density at radius 1 is 1.07 bits per heavy atom. The van der Waals surface area contributed by atoms with Gasteiger partial charge in [-0.25, -0.2) is 0 Å². The minimum absolute atomic E-state index is 0.0269.